The predicted molar refractivity (Wildman–Crippen MR) is 218 cm³/mol. The maximum Gasteiger partial charge on any atom is 0.306 e. The summed E-state index contributed by atoms with van der Waals surface area (Å²) in [6, 6.07) is 0.690. The third-order valence-corrected chi connectivity index (χ3v) is 15.8. The number of carbonyl (C=O) groups is 2. The van der Waals surface area contributed by atoms with Crippen molar-refractivity contribution in [3.05, 3.63) is 11.6 Å². The van der Waals surface area contributed by atoms with E-state index in [2.05, 4.69) is 45.6 Å². The molecule has 0 aromatic carbocycles. The summed E-state index contributed by atoms with van der Waals surface area (Å²) in [5.74, 6) is 6.42. The van der Waals surface area contributed by atoms with Crippen LogP contribution >= 0.6 is 24.8 Å². The summed E-state index contributed by atoms with van der Waals surface area (Å²) in [7, 11) is 0. The summed E-state index contributed by atoms with van der Waals surface area (Å²) in [5, 5.41) is 0. The van der Waals surface area contributed by atoms with Crippen molar-refractivity contribution in [2.45, 2.75) is 181 Å². The molecule has 0 aromatic rings. The number of nitrogens with zero attached hydrogens (tertiary/aromatic N) is 1. The van der Waals surface area contributed by atoms with Crippen LogP contribution in [0.1, 0.15) is 163 Å². The van der Waals surface area contributed by atoms with Gasteiger partial charge in [0, 0.05) is 44.4 Å². The van der Waals surface area contributed by atoms with Crippen LogP contribution in [0.15, 0.2) is 11.6 Å². The molecule has 5 saturated carbocycles. The molecule has 6 aliphatic carbocycles. The Morgan fingerprint density at radius 2 is 1.50 bits per heavy atom. The molecule has 4 N–H and O–H groups in total. The molecule has 6 rings (SSSR count). The number of fused-ring (bicyclic) bond motifs is 5. The molecule has 8 atom stereocenters. The first-order valence-corrected chi connectivity index (χ1v) is 21.5. The minimum atomic E-state index is -0.118. The molecule has 0 aromatic heterocycles. The first-order chi connectivity index (χ1) is 23.9. The van der Waals surface area contributed by atoms with Crippen LogP contribution in [0.25, 0.3) is 0 Å². The number of nitrogens with two attached hydrogens (primary N) is 2. The fraction of sp³-hybridized carbons (Fsp3) is 0.909. The van der Waals surface area contributed by atoms with Crippen molar-refractivity contribution < 1.29 is 14.3 Å². The molecular formula is C44H77Cl2N3O3. The standard InChI is InChI=1S/C44H75N3O3.2ClH/c1-29(2)8-6-9-30(3)38-14-15-39-37-13-12-33-28-36(16-20-43(33,4)40(37)17-21-44(38,39)5)50-42(49)11-7-10-41(48)47(22-18-31-24-34(45)25-31)23-19-32-26-35(46)27-32;;/h12,29-32,34-40H,6-11,13-28,45-46H2,1-5H3;2*1H/t30-,31?,32?,34?,35?,36+,37+,38-,39+,40+,43+,44-;;/m1../s1. The Hall–Kier alpha value is -0.820. The third kappa shape index (κ3) is 9.94. The van der Waals surface area contributed by atoms with E-state index < -0.39 is 0 Å². The van der Waals surface area contributed by atoms with Gasteiger partial charge in [-0.1, -0.05) is 65.5 Å². The summed E-state index contributed by atoms with van der Waals surface area (Å²) < 4.78 is 6.13. The van der Waals surface area contributed by atoms with Crippen LogP contribution < -0.4 is 11.5 Å². The van der Waals surface area contributed by atoms with Gasteiger partial charge in [0.05, 0.1) is 0 Å². The minimum Gasteiger partial charge on any atom is -0.462 e. The number of allylic oxidation sites excluding steroid dienone is 1. The highest BCUT2D eigenvalue weighted by Crippen LogP contribution is 2.67. The molecule has 8 heteroatoms. The number of rotatable bonds is 16. The first kappa shape index (κ1) is 43.9. The lowest BCUT2D eigenvalue weighted by Gasteiger charge is -2.58. The highest BCUT2D eigenvalue weighted by Gasteiger charge is 2.59. The van der Waals surface area contributed by atoms with Crippen molar-refractivity contribution in [1.82, 2.24) is 4.90 Å². The van der Waals surface area contributed by atoms with Crippen molar-refractivity contribution in [3.8, 4) is 0 Å². The Morgan fingerprint density at radius 3 is 2.12 bits per heavy atom. The zero-order valence-electron chi connectivity index (χ0n) is 33.6. The highest BCUT2D eigenvalue weighted by atomic mass is 35.5. The molecule has 52 heavy (non-hydrogen) atoms. The topological polar surface area (TPSA) is 98.7 Å². The number of amides is 1. The second kappa shape index (κ2) is 18.9. The fourth-order valence-electron chi connectivity index (χ4n) is 12.6. The lowest BCUT2D eigenvalue weighted by atomic mass is 9.47. The van der Waals surface area contributed by atoms with Gasteiger partial charge in [-0.25, -0.2) is 0 Å². The van der Waals surface area contributed by atoms with E-state index in [1.54, 1.807) is 5.57 Å². The summed E-state index contributed by atoms with van der Waals surface area (Å²) >= 11 is 0. The van der Waals surface area contributed by atoms with Crippen LogP contribution in [0, 0.1) is 58.2 Å². The summed E-state index contributed by atoms with van der Waals surface area (Å²) in [6.07, 6.45) is 24.4. The molecule has 0 bridgehead atoms. The molecule has 0 unspecified atom stereocenters. The van der Waals surface area contributed by atoms with Crippen LogP contribution in [0.3, 0.4) is 0 Å². The molecule has 0 heterocycles. The highest BCUT2D eigenvalue weighted by molar-refractivity contribution is 5.85. The van der Waals surface area contributed by atoms with Crippen LogP contribution in [0.5, 0.6) is 0 Å². The number of hydrogen-bond donors (Lipinski definition) is 2. The summed E-state index contributed by atoms with van der Waals surface area (Å²) in [4.78, 5) is 28.4. The van der Waals surface area contributed by atoms with Crippen molar-refractivity contribution in [2.24, 2.45) is 69.6 Å². The van der Waals surface area contributed by atoms with Gasteiger partial charge < -0.3 is 21.1 Å². The maximum absolute atomic E-state index is 13.3. The summed E-state index contributed by atoms with van der Waals surface area (Å²) in [6.45, 7) is 14.2. The van der Waals surface area contributed by atoms with Crippen molar-refractivity contribution in [1.29, 1.82) is 0 Å². The largest absolute Gasteiger partial charge is 0.462 e. The molecule has 0 spiro atoms. The SMILES string of the molecule is CC(C)CCC[C@@H](C)[C@H]1CC[C@H]2[C@@H]3CC=C4C[C@@H](OC(=O)CCCC(=O)N(CCC5CC(N)C5)CCC5CC(N)C5)CC[C@]4(C)[C@H]3CC[C@]12C.Cl.Cl. The average molecular weight is 767 g/mol. The van der Waals surface area contributed by atoms with E-state index in [0.717, 1.165) is 106 Å². The van der Waals surface area contributed by atoms with Crippen LogP contribution in [-0.2, 0) is 14.3 Å². The van der Waals surface area contributed by atoms with Gasteiger partial charge in [-0.15, -0.1) is 24.8 Å². The van der Waals surface area contributed by atoms with Crippen LogP contribution in [0.4, 0.5) is 0 Å². The molecule has 0 saturated heterocycles. The molecule has 6 aliphatic rings. The van der Waals surface area contributed by atoms with E-state index >= 15 is 0 Å². The Kier molecular flexibility index (Phi) is 15.9. The van der Waals surface area contributed by atoms with E-state index in [1.165, 1.54) is 51.4 Å². The smallest absolute Gasteiger partial charge is 0.306 e. The number of esters is 1. The Bertz CT molecular complexity index is 1180. The van der Waals surface area contributed by atoms with E-state index in [4.69, 9.17) is 16.2 Å². The molecule has 300 valence electrons. The molecule has 0 aliphatic heterocycles. The van der Waals surface area contributed by atoms with E-state index in [1.807, 2.05) is 0 Å². The second-order valence-electron chi connectivity index (χ2n) is 19.7. The molecule has 5 fully saturated rings. The Labute approximate surface area is 330 Å². The van der Waals surface area contributed by atoms with Gasteiger partial charge in [-0.2, -0.15) is 0 Å². The fourth-order valence-corrected chi connectivity index (χ4v) is 12.6. The van der Waals surface area contributed by atoms with Crippen LogP contribution in [-0.4, -0.2) is 48.1 Å². The second-order valence-corrected chi connectivity index (χ2v) is 19.7. The number of carbonyl (C=O) groups excluding carboxylic acids is 2. The Morgan fingerprint density at radius 1 is 0.846 bits per heavy atom. The van der Waals surface area contributed by atoms with Crippen molar-refractivity contribution in [3.63, 3.8) is 0 Å². The monoisotopic (exact) mass is 766 g/mol. The number of ether oxygens (including phenoxy) is 1. The predicted octanol–water partition coefficient (Wildman–Crippen LogP) is 10.0. The first-order valence-electron chi connectivity index (χ1n) is 21.5. The summed E-state index contributed by atoms with van der Waals surface area (Å²) in [5.41, 5.74) is 14.4. The van der Waals surface area contributed by atoms with Gasteiger partial charge >= 0.3 is 5.97 Å². The van der Waals surface area contributed by atoms with E-state index in [9.17, 15) is 9.59 Å². The molecule has 6 nitrogen and oxygen atoms in total. The maximum atomic E-state index is 13.3. The van der Waals surface area contributed by atoms with Gasteiger partial charge in [-0.3, -0.25) is 9.59 Å². The van der Waals surface area contributed by atoms with E-state index in [-0.39, 0.29) is 48.2 Å². The van der Waals surface area contributed by atoms with E-state index in [0.29, 0.717) is 48.6 Å². The zero-order chi connectivity index (χ0) is 35.6. The zero-order valence-corrected chi connectivity index (χ0v) is 35.3. The number of hydrogen-bond acceptors (Lipinski definition) is 5. The number of halogens is 2. The van der Waals surface area contributed by atoms with Gasteiger partial charge in [0.1, 0.15) is 6.10 Å². The lowest BCUT2D eigenvalue weighted by molar-refractivity contribution is -0.151. The average Bonchev–Trinajstić information content (AvgIpc) is 3.40. The van der Waals surface area contributed by atoms with Crippen molar-refractivity contribution in [2.75, 3.05) is 13.1 Å². The van der Waals surface area contributed by atoms with Gasteiger partial charge in [0.15, 0.2) is 0 Å². The van der Waals surface area contributed by atoms with Crippen molar-refractivity contribution >= 4 is 36.7 Å². The quantitative estimate of drug-likeness (QED) is 0.120. The molecular weight excluding hydrogens is 689 g/mol. The third-order valence-electron chi connectivity index (χ3n) is 15.8. The van der Waals surface area contributed by atoms with Crippen LogP contribution in [0.2, 0.25) is 0 Å². The molecule has 0 radical (unpaired) electrons. The lowest BCUT2D eigenvalue weighted by Crippen LogP contribution is -2.51. The minimum absolute atomic E-state index is 0. The molecule has 1 amide bonds. The normalized spacial score (nSPS) is 38.2. The van der Waals surface area contributed by atoms with Gasteiger partial charge in [0.2, 0.25) is 5.91 Å². The van der Waals surface area contributed by atoms with Gasteiger partial charge in [0.25, 0.3) is 0 Å². The Balaban J connectivity index is 0.00000302. The van der Waals surface area contributed by atoms with Gasteiger partial charge in [-0.05, 0) is 148 Å².